The molecule has 1 aliphatic rings. The minimum Gasteiger partial charge on any atom is -0.491 e. The number of piperidine rings is 1. The van der Waals surface area contributed by atoms with E-state index in [1.165, 1.54) is 12.8 Å². The quantitative estimate of drug-likeness (QED) is 0.868. The Hall–Kier alpha value is -1.06. The Labute approximate surface area is 109 Å². The predicted octanol–water partition coefficient (Wildman–Crippen LogP) is 2.16. The van der Waals surface area contributed by atoms with Crippen LogP contribution in [0.1, 0.15) is 19.8 Å². The first-order valence-electron chi connectivity index (χ1n) is 6.82. The summed E-state index contributed by atoms with van der Waals surface area (Å²) >= 11 is 0. The minimum absolute atomic E-state index is 0.370. The van der Waals surface area contributed by atoms with Gasteiger partial charge in [0.1, 0.15) is 18.5 Å². The molecule has 1 aromatic rings. The highest BCUT2D eigenvalue weighted by Gasteiger charge is 2.18. The largest absolute Gasteiger partial charge is 0.491 e. The lowest BCUT2D eigenvalue weighted by molar-refractivity contribution is 0.0537. The molecule has 1 aliphatic heterocycles. The number of ether oxygens (including phenoxy) is 1. The Morgan fingerprint density at radius 3 is 2.89 bits per heavy atom. The molecule has 0 bridgehead atoms. The smallest absolute Gasteiger partial charge is 0.119 e. The zero-order valence-electron chi connectivity index (χ0n) is 11.1. The van der Waals surface area contributed by atoms with E-state index in [-0.39, 0.29) is 0 Å². The number of β-amino-alcohol motifs (C(OH)–C–C–N with tert-alkyl or cyclic N) is 1. The minimum atomic E-state index is -0.407. The highest BCUT2D eigenvalue weighted by molar-refractivity contribution is 5.20. The van der Waals surface area contributed by atoms with Gasteiger partial charge >= 0.3 is 0 Å². The maximum Gasteiger partial charge on any atom is 0.119 e. The molecule has 2 atom stereocenters. The van der Waals surface area contributed by atoms with Crippen molar-refractivity contribution in [1.29, 1.82) is 0 Å². The zero-order valence-corrected chi connectivity index (χ0v) is 11.1. The molecule has 100 valence electrons. The van der Waals surface area contributed by atoms with Gasteiger partial charge in [0.25, 0.3) is 0 Å². The fourth-order valence-electron chi connectivity index (χ4n) is 2.51. The van der Waals surface area contributed by atoms with Gasteiger partial charge < -0.3 is 14.7 Å². The third-order valence-corrected chi connectivity index (χ3v) is 3.40. The molecule has 18 heavy (non-hydrogen) atoms. The summed E-state index contributed by atoms with van der Waals surface area (Å²) in [6.45, 7) is 5.57. The van der Waals surface area contributed by atoms with Gasteiger partial charge in [0, 0.05) is 13.1 Å². The summed E-state index contributed by atoms with van der Waals surface area (Å²) in [7, 11) is 0. The number of aliphatic hydroxyl groups is 1. The van der Waals surface area contributed by atoms with E-state index in [2.05, 4.69) is 11.8 Å². The van der Waals surface area contributed by atoms with Crippen LogP contribution >= 0.6 is 0 Å². The van der Waals surface area contributed by atoms with Gasteiger partial charge in [-0.05, 0) is 37.4 Å². The topological polar surface area (TPSA) is 32.7 Å². The summed E-state index contributed by atoms with van der Waals surface area (Å²) in [5.41, 5.74) is 0. The first-order valence-corrected chi connectivity index (χ1v) is 6.82. The van der Waals surface area contributed by atoms with Crippen LogP contribution in [0.25, 0.3) is 0 Å². The number of benzene rings is 1. The summed E-state index contributed by atoms with van der Waals surface area (Å²) in [6, 6.07) is 9.66. The summed E-state index contributed by atoms with van der Waals surface area (Å²) in [5.74, 6) is 1.57. The maximum absolute atomic E-state index is 9.98. The normalized spacial score (nSPS) is 22.7. The average molecular weight is 249 g/mol. The standard InChI is InChI=1S/C15H23NO2/c1-13-6-5-9-16(10-13)11-14(17)12-18-15-7-3-2-4-8-15/h2-4,7-8,13-14,17H,5-6,9-12H2,1H3/t13-,14-/m1/s1. The number of aliphatic hydroxyl groups excluding tert-OH is 1. The second-order valence-corrected chi connectivity index (χ2v) is 5.28. The van der Waals surface area contributed by atoms with Crippen molar-refractivity contribution >= 4 is 0 Å². The van der Waals surface area contributed by atoms with Gasteiger partial charge in [-0.2, -0.15) is 0 Å². The van der Waals surface area contributed by atoms with Crippen molar-refractivity contribution in [3.8, 4) is 5.75 Å². The fourth-order valence-corrected chi connectivity index (χ4v) is 2.51. The summed E-state index contributed by atoms with van der Waals surface area (Å²) in [5, 5.41) is 9.98. The molecule has 3 heteroatoms. The lowest BCUT2D eigenvalue weighted by Gasteiger charge is -2.32. The van der Waals surface area contributed by atoms with Crippen LogP contribution in [-0.2, 0) is 0 Å². The van der Waals surface area contributed by atoms with Crippen molar-refractivity contribution in [3.05, 3.63) is 30.3 Å². The van der Waals surface area contributed by atoms with E-state index < -0.39 is 6.10 Å². The third-order valence-electron chi connectivity index (χ3n) is 3.40. The van der Waals surface area contributed by atoms with Crippen LogP contribution in [-0.4, -0.2) is 42.4 Å². The molecule has 1 fully saturated rings. The predicted molar refractivity (Wildman–Crippen MR) is 72.8 cm³/mol. The Balaban J connectivity index is 1.70. The van der Waals surface area contributed by atoms with E-state index >= 15 is 0 Å². The molecule has 1 N–H and O–H groups in total. The number of rotatable bonds is 5. The number of hydrogen-bond acceptors (Lipinski definition) is 3. The SMILES string of the molecule is C[C@@H]1CCCN(C[C@@H](O)COc2ccccc2)C1. The first-order chi connectivity index (χ1) is 8.74. The molecule has 0 spiro atoms. The van der Waals surface area contributed by atoms with Gasteiger partial charge in [0.15, 0.2) is 0 Å². The zero-order chi connectivity index (χ0) is 12.8. The van der Waals surface area contributed by atoms with Crippen LogP contribution in [0.3, 0.4) is 0 Å². The maximum atomic E-state index is 9.98. The van der Waals surface area contributed by atoms with Crippen molar-refractivity contribution in [1.82, 2.24) is 4.90 Å². The molecule has 3 nitrogen and oxygen atoms in total. The summed E-state index contributed by atoms with van der Waals surface area (Å²) in [6.07, 6.45) is 2.15. The Morgan fingerprint density at radius 2 is 2.17 bits per heavy atom. The van der Waals surface area contributed by atoms with Gasteiger partial charge in [-0.3, -0.25) is 0 Å². The second-order valence-electron chi connectivity index (χ2n) is 5.28. The van der Waals surface area contributed by atoms with Crippen molar-refractivity contribution in [2.45, 2.75) is 25.9 Å². The molecule has 0 aliphatic carbocycles. The lowest BCUT2D eigenvalue weighted by atomic mass is 10.0. The molecule has 0 aromatic heterocycles. The number of nitrogens with zero attached hydrogens (tertiary/aromatic N) is 1. The third kappa shape index (κ3) is 4.31. The summed E-state index contributed by atoms with van der Waals surface area (Å²) < 4.78 is 5.56. The lowest BCUT2D eigenvalue weighted by Crippen LogP contribution is -2.41. The van der Waals surface area contributed by atoms with Crippen molar-refractivity contribution < 1.29 is 9.84 Å². The highest BCUT2D eigenvalue weighted by Crippen LogP contribution is 2.15. The van der Waals surface area contributed by atoms with E-state index in [1.54, 1.807) is 0 Å². The highest BCUT2D eigenvalue weighted by atomic mass is 16.5. The van der Waals surface area contributed by atoms with Gasteiger partial charge in [-0.25, -0.2) is 0 Å². The monoisotopic (exact) mass is 249 g/mol. The molecular weight excluding hydrogens is 226 g/mol. The van der Waals surface area contributed by atoms with Crippen LogP contribution in [0, 0.1) is 5.92 Å². The van der Waals surface area contributed by atoms with Gasteiger partial charge in [-0.1, -0.05) is 25.1 Å². The molecule has 1 aromatic carbocycles. The van der Waals surface area contributed by atoms with Crippen molar-refractivity contribution in [2.24, 2.45) is 5.92 Å². The number of hydrogen-bond donors (Lipinski definition) is 1. The Morgan fingerprint density at radius 1 is 1.39 bits per heavy atom. The van der Waals surface area contributed by atoms with Crippen LogP contribution in [0.4, 0.5) is 0 Å². The molecule has 0 radical (unpaired) electrons. The van der Waals surface area contributed by atoms with Crippen LogP contribution in [0.5, 0.6) is 5.75 Å². The van der Waals surface area contributed by atoms with E-state index in [1.807, 2.05) is 30.3 Å². The van der Waals surface area contributed by atoms with Crippen LogP contribution in [0.15, 0.2) is 30.3 Å². The van der Waals surface area contributed by atoms with Crippen molar-refractivity contribution in [2.75, 3.05) is 26.2 Å². The van der Waals surface area contributed by atoms with Crippen LogP contribution < -0.4 is 4.74 Å². The molecule has 1 heterocycles. The molecule has 0 unspecified atom stereocenters. The molecule has 2 rings (SSSR count). The van der Waals surface area contributed by atoms with Crippen LogP contribution in [0.2, 0.25) is 0 Å². The van der Waals surface area contributed by atoms with E-state index in [9.17, 15) is 5.11 Å². The number of likely N-dealkylation sites (tertiary alicyclic amines) is 1. The Bertz CT molecular complexity index is 342. The molecule has 0 saturated carbocycles. The van der Waals surface area contributed by atoms with E-state index in [0.29, 0.717) is 6.61 Å². The molecule has 1 saturated heterocycles. The van der Waals surface area contributed by atoms with Gasteiger partial charge in [0.2, 0.25) is 0 Å². The van der Waals surface area contributed by atoms with E-state index in [4.69, 9.17) is 4.74 Å². The molecular formula is C15H23NO2. The van der Waals surface area contributed by atoms with Gasteiger partial charge in [0.05, 0.1) is 0 Å². The number of para-hydroxylation sites is 1. The van der Waals surface area contributed by atoms with E-state index in [0.717, 1.165) is 31.3 Å². The first kappa shape index (κ1) is 13.4. The Kier molecular flexibility index (Phi) is 5.02. The van der Waals surface area contributed by atoms with Crippen molar-refractivity contribution in [3.63, 3.8) is 0 Å². The van der Waals surface area contributed by atoms with Gasteiger partial charge in [-0.15, -0.1) is 0 Å². The second kappa shape index (κ2) is 6.76. The average Bonchev–Trinajstić information content (AvgIpc) is 2.38. The summed E-state index contributed by atoms with van der Waals surface area (Å²) in [4.78, 5) is 2.34. The fraction of sp³-hybridized carbons (Fsp3) is 0.600. The molecule has 0 amide bonds.